The molecule has 1 saturated heterocycles. The van der Waals surface area contributed by atoms with Crippen LogP contribution in [-0.4, -0.2) is 40.7 Å². The first-order chi connectivity index (χ1) is 11.6. The normalized spacial score (nSPS) is 16.5. The van der Waals surface area contributed by atoms with Crippen molar-refractivity contribution in [2.45, 2.75) is 45.6 Å². The van der Waals surface area contributed by atoms with Crippen LogP contribution in [0.5, 0.6) is 0 Å². The maximum atomic E-state index is 12.4. The summed E-state index contributed by atoms with van der Waals surface area (Å²) in [6.45, 7) is 6.26. The number of furan rings is 1. The minimum absolute atomic E-state index is 0.238. The van der Waals surface area contributed by atoms with Gasteiger partial charge in [0.15, 0.2) is 11.6 Å². The number of likely N-dealkylation sites (tertiary alicyclic amines) is 1. The summed E-state index contributed by atoms with van der Waals surface area (Å²) in [4.78, 5) is 14.7. The van der Waals surface area contributed by atoms with Crippen LogP contribution in [0.15, 0.2) is 22.7 Å². The van der Waals surface area contributed by atoms with E-state index in [2.05, 4.69) is 29.3 Å². The van der Waals surface area contributed by atoms with Crippen LogP contribution in [0.3, 0.4) is 0 Å². The molecule has 1 N–H and O–H groups in total. The molecule has 0 radical (unpaired) electrons. The van der Waals surface area contributed by atoms with Crippen LogP contribution in [0, 0.1) is 0 Å². The smallest absolute Gasteiger partial charge is 0.292 e. The number of nitrogens with one attached hydrogen (secondary N) is 1. The second-order valence-electron chi connectivity index (χ2n) is 6.44. The van der Waals surface area contributed by atoms with Crippen molar-refractivity contribution < 1.29 is 9.21 Å². The van der Waals surface area contributed by atoms with E-state index in [0.717, 1.165) is 50.1 Å². The number of amides is 1. The van der Waals surface area contributed by atoms with E-state index in [1.165, 1.54) is 0 Å². The molecule has 6 heteroatoms. The Labute approximate surface area is 142 Å². The van der Waals surface area contributed by atoms with Crippen molar-refractivity contribution in [1.29, 1.82) is 0 Å². The average molecular weight is 330 g/mol. The SMILES string of the molecule is CCc1cc(C(=O)Nc2ccn(C3CCN(C)CC3)n2)oc1CC. The summed E-state index contributed by atoms with van der Waals surface area (Å²) in [7, 11) is 2.14. The van der Waals surface area contributed by atoms with Gasteiger partial charge in [0.2, 0.25) is 0 Å². The molecule has 1 amide bonds. The third-order valence-corrected chi connectivity index (χ3v) is 4.73. The molecule has 0 aromatic carbocycles. The number of aryl methyl sites for hydroxylation is 2. The Kier molecular flexibility index (Phi) is 5.04. The minimum Gasteiger partial charge on any atom is -0.456 e. The fourth-order valence-corrected chi connectivity index (χ4v) is 3.22. The highest BCUT2D eigenvalue weighted by molar-refractivity contribution is 6.01. The van der Waals surface area contributed by atoms with Gasteiger partial charge in [-0.3, -0.25) is 9.48 Å². The fourth-order valence-electron chi connectivity index (χ4n) is 3.22. The third-order valence-electron chi connectivity index (χ3n) is 4.73. The van der Waals surface area contributed by atoms with Crippen molar-refractivity contribution in [2.24, 2.45) is 0 Å². The van der Waals surface area contributed by atoms with Gasteiger partial charge >= 0.3 is 0 Å². The van der Waals surface area contributed by atoms with Gasteiger partial charge in [0.05, 0.1) is 6.04 Å². The van der Waals surface area contributed by atoms with Crippen molar-refractivity contribution in [3.63, 3.8) is 0 Å². The summed E-state index contributed by atoms with van der Waals surface area (Å²) in [6, 6.07) is 4.09. The standard InChI is InChI=1S/C18H26N4O2/c1-4-13-12-16(24-15(13)5-2)18(23)19-17-8-11-22(20-17)14-6-9-21(3)10-7-14/h8,11-12,14H,4-7,9-10H2,1-3H3,(H,19,20,23). The monoisotopic (exact) mass is 330 g/mol. The zero-order valence-electron chi connectivity index (χ0n) is 14.7. The van der Waals surface area contributed by atoms with Crippen molar-refractivity contribution in [2.75, 3.05) is 25.5 Å². The number of hydrogen-bond donors (Lipinski definition) is 1. The second-order valence-corrected chi connectivity index (χ2v) is 6.44. The van der Waals surface area contributed by atoms with E-state index in [1.807, 2.05) is 29.9 Å². The van der Waals surface area contributed by atoms with Gasteiger partial charge in [-0.1, -0.05) is 13.8 Å². The van der Waals surface area contributed by atoms with Crippen LogP contribution in [0.25, 0.3) is 0 Å². The lowest BCUT2D eigenvalue weighted by Gasteiger charge is -2.28. The Morgan fingerprint density at radius 1 is 1.33 bits per heavy atom. The second kappa shape index (κ2) is 7.21. The van der Waals surface area contributed by atoms with Crippen molar-refractivity contribution in [3.05, 3.63) is 35.4 Å². The molecule has 0 saturated carbocycles. The molecule has 24 heavy (non-hydrogen) atoms. The van der Waals surface area contributed by atoms with Crippen molar-refractivity contribution >= 4 is 11.7 Å². The van der Waals surface area contributed by atoms with Crippen LogP contribution in [-0.2, 0) is 12.8 Å². The Bertz CT molecular complexity index is 674. The molecule has 3 heterocycles. The zero-order valence-corrected chi connectivity index (χ0v) is 14.7. The van der Waals surface area contributed by atoms with Crippen LogP contribution in [0.2, 0.25) is 0 Å². The molecule has 1 fully saturated rings. The number of nitrogens with zero attached hydrogens (tertiary/aromatic N) is 3. The van der Waals surface area contributed by atoms with E-state index in [1.54, 1.807) is 0 Å². The van der Waals surface area contributed by atoms with Gasteiger partial charge in [0, 0.05) is 18.7 Å². The van der Waals surface area contributed by atoms with Gasteiger partial charge in [-0.25, -0.2) is 0 Å². The molecule has 6 nitrogen and oxygen atoms in total. The molecular weight excluding hydrogens is 304 g/mol. The lowest BCUT2D eigenvalue weighted by atomic mass is 10.1. The predicted molar refractivity (Wildman–Crippen MR) is 93.4 cm³/mol. The van der Waals surface area contributed by atoms with E-state index in [0.29, 0.717) is 17.6 Å². The number of piperidine rings is 1. The first-order valence-electron chi connectivity index (χ1n) is 8.77. The summed E-state index contributed by atoms with van der Waals surface area (Å²) in [5, 5.41) is 7.36. The quantitative estimate of drug-likeness (QED) is 0.915. The van der Waals surface area contributed by atoms with E-state index in [4.69, 9.17) is 4.42 Å². The Balaban J connectivity index is 1.66. The summed E-state index contributed by atoms with van der Waals surface area (Å²) in [6.07, 6.45) is 5.78. The molecule has 0 bridgehead atoms. The Hall–Kier alpha value is -2.08. The summed E-state index contributed by atoms with van der Waals surface area (Å²) >= 11 is 0. The molecule has 0 spiro atoms. The number of hydrogen-bond acceptors (Lipinski definition) is 4. The van der Waals surface area contributed by atoms with Gasteiger partial charge in [0.1, 0.15) is 5.76 Å². The van der Waals surface area contributed by atoms with Gasteiger partial charge in [-0.15, -0.1) is 0 Å². The van der Waals surface area contributed by atoms with Gasteiger partial charge in [-0.2, -0.15) is 5.10 Å². The fraction of sp³-hybridized carbons (Fsp3) is 0.556. The molecule has 2 aromatic rings. The topological polar surface area (TPSA) is 63.3 Å². The van der Waals surface area contributed by atoms with Crippen LogP contribution in [0.1, 0.15) is 54.6 Å². The number of rotatable bonds is 5. The molecular formula is C18H26N4O2. The Morgan fingerprint density at radius 2 is 2.08 bits per heavy atom. The largest absolute Gasteiger partial charge is 0.456 e. The van der Waals surface area contributed by atoms with Crippen LogP contribution >= 0.6 is 0 Å². The van der Waals surface area contributed by atoms with Crippen molar-refractivity contribution in [1.82, 2.24) is 14.7 Å². The molecule has 130 valence electrons. The lowest BCUT2D eigenvalue weighted by Crippen LogP contribution is -2.31. The van der Waals surface area contributed by atoms with Crippen LogP contribution < -0.4 is 5.32 Å². The first-order valence-corrected chi connectivity index (χ1v) is 8.77. The highest BCUT2D eigenvalue weighted by Gasteiger charge is 2.20. The average Bonchev–Trinajstić information content (AvgIpc) is 3.22. The molecule has 3 rings (SSSR count). The third kappa shape index (κ3) is 3.53. The van der Waals surface area contributed by atoms with E-state index < -0.39 is 0 Å². The first kappa shape index (κ1) is 16.8. The molecule has 1 aliphatic rings. The maximum absolute atomic E-state index is 12.4. The van der Waals surface area contributed by atoms with E-state index in [-0.39, 0.29) is 5.91 Å². The number of carbonyl (C=O) groups is 1. The van der Waals surface area contributed by atoms with E-state index in [9.17, 15) is 4.79 Å². The van der Waals surface area contributed by atoms with E-state index >= 15 is 0 Å². The van der Waals surface area contributed by atoms with Gasteiger partial charge in [-0.05, 0) is 51.0 Å². The van der Waals surface area contributed by atoms with Gasteiger partial charge in [0.25, 0.3) is 5.91 Å². The van der Waals surface area contributed by atoms with Crippen molar-refractivity contribution in [3.8, 4) is 0 Å². The molecule has 2 aromatic heterocycles. The highest BCUT2D eigenvalue weighted by atomic mass is 16.4. The molecule has 0 aliphatic carbocycles. The molecule has 0 unspecified atom stereocenters. The lowest BCUT2D eigenvalue weighted by molar-refractivity contribution is 0.0994. The number of aromatic nitrogens is 2. The molecule has 1 aliphatic heterocycles. The number of anilines is 1. The molecule has 0 atom stereocenters. The van der Waals surface area contributed by atoms with Crippen LogP contribution in [0.4, 0.5) is 5.82 Å². The Morgan fingerprint density at radius 3 is 2.71 bits per heavy atom. The minimum atomic E-state index is -0.238. The highest BCUT2D eigenvalue weighted by Crippen LogP contribution is 2.22. The number of carbonyl (C=O) groups excluding carboxylic acids is 1. The summed E-state index contributed by atoms with van der Waals surface area (Å²) < 4.78 is 7.64. The summed E-state index contributed by atoms with van der Waals surface area (Å²) in [5.41, 5.74) is 1.10. The summed E-state index contributed by atoms with van der Waals surface area (Å²) in [5.74, 6) is 1.58. The zero-order chi connectivity index (χ0) is 17.1. The predicted octanol–water partition coefficient (Wildman–Crippen LogP) is 3.12. The van der Waals surface area contributed by atoms with Gasteiger partial charge < -0.3 is 14.6 Å². The maximum Gasteiger partial charge on any atom is 0.292 e.